The number of rotatable bonds is 0. The summed E-state index contributed by atoms with van der Waals surface area (Å²) in [6, 6.07) is 0. The molecule has 0 amide bonds. The average Bonchev–Trinajstić information content (AvgIpc) is 3.32. The molecule has 40 heavy (non-hydrogen) atoms. The van der Waals surface area contributed by atoms with E-state index < -0.39 is 0 Å². The summed E-state index contributed by atoms with van der Waals surface area (Å²) in [7, 11) is 19.7. The number of hydrogen-bond donors (Lipinski definition) is 1. The van der Waals surface area contributed by atoms with Gasteiger partial charge in [-0.2, -0.15) is 0 Å². The van der Waals surface area contributed by atoms with Gasteiger partial charge >= 0.3 is 14.3 Å². The van der Waals surface area contributed by atoms with Gasteiger partial charge in [-0.25, -0.2) is 0 Å². The summed E-state index contributed by atoms with van der Waals surface area (Å²) >= 11 is 0. The summed E-state index contributed by atoms with van der Waals surface area (Å²) in [6.45, 7) is 9.08. The van der Waals surface area contributed by atoms with Crippen molar-refractivity contribution in [1.29, 1.82) is 7.98 Å². The van der Waals surface area contributed by atoms with Crippen LogP contribution in [-0.2, 0) is 0 Å². The maximum atomic E-state index is 5.75. The first-order valence-electron chi connectivity index (χ1n) is 15.1. The van der Waals surface area contributed by atoms with Crippen molar-refractivity contribution in [3.8, 4) is 0 Å². The van der Waals surface area contributed by atoms with Crippen molar-refractivity contribution in [2.24, 2.45) is 20.0 Å². The Bertz CT molecular complexity index is 787. The third-order valence-corrected chi connectivity index (χ3v) is 6.65. The molecule has 2 saturated heterocycles. The van der Waals surface area contributed by atoms with Crippen LogP contribution in [0, 0.1) is 36.4 Å². The molecule has 0 aromatic rings. The van der Waals surface area contributed by atoms with E-state index in [4.69, 9.17) is 7.98 Å². The zero-order chi connectivity index (χ0) is 31.6. The molecule has 0 unspecified atom stereocenters. The molecule has 10 nitrogen and oxygen atoms in total. The van der Waals surface area contributed by atoms with Gasteiger partial charge in [0.15, 0.2) is 5.96 Å². The molecule has 4 heterocycles. The second kappa shape index (κ2) is 26.6. The van der Waals surface area contributed by atoms with Crippen LogP contribution in [0.3, 0.4) is 0 Å². The Hall–Kier alpha value is -1.34. The van der Waals surface area contributed by atoms with Crippen LogP contribution >= 0.6 is 0 Å². The minimum atomic E-state index is 0. The Morgan fingerprint density at radius 2 is 1.23 bits per heavy atom. The maximum Gasteiger partial charge on any atom is 0.0379 e. The normalized spacial score (nSPS) is 17.2. The van der Waals surface area contributed by atoms with E-state index >= 15 is 0 Å². The van der Waals surface area contributed by atoms with Gasteiger partial charge in [0.2, 0.25) is 0 Å². The quantitative estimate of drug-likeness (QED) is 0.232. The summed E-state index contributed by atoms with van der Waals surface area (Å²) in [4.78, 5) is 27.8. The number of aliphatic imine (C=N–C) groups is 4. The van der Waals surface area contributed by atoms with Gasteiger partial charge in [0.1, 0.15) is 0 Å². The summed E-state index contributed by atoms with van der Waals surface area (Å²) in [5.41, 5.74) is 0. The second-order valence-corrected chi connectivity index (χ2v) is 10.2. The van der Waals surface area contributed by atoms with Crippen LogP contribution < -0.4 is 0 Å². The Kier molecular flexibility index (Phi) is 25.7. The number of amidine groups is 3. The predicted octanol–water partition coefficient (Wildman–Crippen LogP) is 2.24. The minimum absolute atomic E-state index is 0. The zero-order valence-electron chi connectivity index (χ0n) is 29.1. The predicted molar refractivity (Wildman–Crippen MR) is 175 cm³/mol. The minimum Gasteiger partial charge on any atom is -0.0379 e. The van der Waals surface area contributed by atoms with E-state index in [0.717, 1.165) is 24.9 Å². The number of hydrogen-bond acceptors (Lipinski definition) is 7. The van der Waals surface area contributed by atoms with Crippen LogP contribution in [0.15, 0.2) is 20.0 Å². The molecular weight excluding hydrogens is 724 g/mol. The molecule has 4 aliphatic heterocycles. The van der Waals surface area contributed by atoms with Crippen molar-refractivity contribution in [3.05, 3.63) is 0 Å². The standard InChI is InChI=1S/C9H16N2.C7H12N2.C6H15N3.C5H12N2.BH2N.BH.U/c1-2-5-9-10-6-4-8-11(9)7-3-1;1-2-5-9-6-4-8-7(9)3-1;1-7-6(8(2)3)9(4)5;1-5(6-2)7(3)4;1-2;;/h1-8H2;1-6H2;1-5H3;1-4H3;1-2H;1H;/i;;;;2*1D;. The van der Waals surface area contributed by atoms with Gasteiger partial charge in [-0.3, -0.25) is 20.0 Å². The van der Waals surface area contributed by atoms with Gasteiger partial charge in [-0.05, 0) is 40.4 Å². The molecule has 4 rings (SSSR count). The van der Waals surface area contributed by atoms with Crippen molar-refractivity contribution in [1.82, 2.24) is 24.5 Å². The van der Waals surface area contributed by atoms with Crippen LogP contribution in [0.2, 0.25) is 0 Å². The third kappa shape index (κ3) is 18.2. The van der Waals surface area contributed by atoms with Crippen molar-refractivity contribution in [2.75, 3.05) is 95.6 Å². The first kappa shape index (κ1) is 38.7. The summed E-state index contributed by atoms with van der Waals surface area (Å²) < 4.78 is 11.0. The van der Waals surface area contributed by atoms with E-state index in [0.29, 0.717) is 7.60 Å². The number of guanidine groups is 1. The number of nitrogens with zero attached hydrogens (tertiary/aromatic N) is 9. The van der Waals surface area contributed by atoms with Gasteiger partial charge < -0.3 is 24.5 Å². The molecule has 0 saturated carbocycles. The molecule has 226 valence electrons. The van der Waals surface area contributed by atoms with Gasteiger partial charge in [0.05, 0.1) is 24.1 Å². The topological polar surface area (TPSA) is 89.5 Å². The van der Waals surface area contributed by atoms with Crippen LogP contribution in [0.1, 0.15) is 58.3 Å². The van der Waals surface area contributed by atoms with E-state index in [1.54, 1.807) is 14.1 Å². The fourth-order valence-corrected chi connectivity index (χ4v) is 4.53. The summed E-state index contributed by atoms with van der Waals surface area (Å²) in [5.74, 6) is 4.81. The maximum absolute atomic E-state index is 5.75. The molecule has 4 aliphatic rings. The summed E-state index contributed by atoms with van der Waals surface area (Å²) in [5, 5.41) is 5.75. The van der Waals surface area contributed by atoms with E-state index in [1.807, 2.05) is 63.9 Å². The van der Waals surface area contributed by atoms with Crippen molar-refractivity contribution in [2.45, 2.75) is 58.3 Å². The second-order valence-electron chi connectivity index (χ2n) is 10.2. The monoisotopic (exact) mass is 785 g/mol. The Morgan fingerprint density at radius 3 is 1.65 bits per heavy atom. The molecule has 0 aliphatic carbocycles. The molecule has 2 fully saturated rings. The molecule has 13 heteroatoms. The van der Waals surface area contributed by atoms with E-state index in [2.05, 4.69) is 38.1 Å². The molecule has 0 aromatic carbocycles. The average molecular weight is 784 g/mol. The van der Waals surface area contributed by atoms with Crippen LogP contribution in [0.25, 0.3) is 0 Å². The largest absolute Gasteiger partial charge is 0.0379 e. The zero-order valence-corrected chi connectivity index (χ0v) is 31.2. The van der Waals surface area contributed by atoms with Crippen molar-refractivity contribution < 1.29 is 31.1 Å². The van der Waals surface area contributed by atoms with E-state index in [-0.39, 0.29) is 31.1 Å². The number of nitrogens with one attached hydrogen (secondary N) is 1. The Labute approximate surface area is 275 Å². The first-order chi connectivity index (χ1) is 19.6. The Balaban J connectivity index is -0.000000460. The third-order valence-electron chi connectivity index (χ3n) is 6.65. The van der Waals surface area contributed by atoms with Gasteiger partial charge in [0.25, 0.3) is 0 Å². The number of piperidine rings is 1. The van der Waals surface area contributed by atoms with Gasteiger partial charge in [-0.1, -0.05) is 6.42 Å². The van der Waals surface area contributed by atoms with E-state index in [1.165, 1.54) is 89.2 Å². The van der Waals surface area contributed by atoms with Crippen LogP contribution in [-0.4, -0.2) is 162 Å². The summed E-state index contributed by atoms with van der Waals surface area (Å²) in [6.07, 6.45) is 10.6. The molecule has 0 aromatic heterocycles. The van der Waals surface area contributed by atoms with Crippen molar-refractivity contribution in [3.63, 3.8) is 0 Å². The molecule has 0 bridgehead atoms. The van der Waals surface area contributed by atoms with Crippen molar-refractivity contribution >= 4 is 39.4 Å². The van der Waals surface area contributed by atoms with Gasteiger partial charge in [0, 0.05) is 141 Å². The van der Waals surface area contributed by atoms with E-state index in [9.17, 15) is 0 Å². The fourth-order valence-electron chi connectivity index (χ4n) is 4.53. The molecule has 1 N–H and O–H groups in total. The molecular formula is C27H58B2N10U. The fraction of sp³-hybridized carbons (Fsp3) is 0.852. The Morgan fingerprint density at radius 1 is 0.775 bits per heavy atom. The smallest absolute Gasteiger partial charge is 0.0379 e. The SMILES string of the molecule is C1CCC2=NCCCN2CC1.C1CCN2CCN=C2C1.CN=C(C)N(C)C.CN=C(N(C)C)N(C)C.[2H]B=N.[2H][B].[U]. The molecule has 0 spiro atoms. The molecule has 0 atom stereocenters. The van der Waals surface area contributed by atoms with Crippen LogP contribution in [0.5, 0.6) is 0 Å². The molecule has 2 radical (unpaired) electrons. The number of fused-ring (bicyclic) bond motifs is 2. The van der Waals surface area contributed by atoms with Crippen LogP contribution in [0.4, 0.5) is 0 Å². The van der Waals surface area contributed by atoms with Gasteiger partial charge in [-0.15, -0.1) is 0 Å². The first-order valence-corrected chi connectivity index (χ1v) is 14.0.